The molecular formula is C45H47F3N6O9. The minimum atomic E-state index is -5.08. The van der Waals surface area contributed by atoms with Crippen molar-refractivity contribution in [2.24, 2.45) is 5.92 Å². The Morgan fingerprint density at radius 3 is 1.87 bits per heavy atom. The summed E-state index contributed by atoms with van der Waals surface area (Å²) < 4.78 is 31.7. The minimum Gasteiger partial charge on any atom is -0.481 e. The van der Waals surface area contributed by atoms with Crippen molar-refractivity contribution in [3.63, 3.8) is 0 Å². The molecular weight excluding hydrogens is 826 g/mol. The van der Waals surface area contributed by atoms with Crippen LogP contribution < -0.4 is 21.3 Å². The van der Waals surface area contributed by atoms with Crippen LogP contribution in [-0.4, -0.2) is 98.0 Å². The molecule has 0 aliphatic carbocycles. The van der Waals surface area contributed by atoms with E-state index >= 15 is 0 Å². The van der Waals surface area contributed by atoms with E-state index in [0.717, 1.165) is 16.7 Å². The fourth-order valence-corrected chi connectivity index (χ4v) is 7.67. The maximum atomic E-state index is 14.4. The van der Waals surface area contributed by atoms with Gasteiger partial charge in [0.15, 0.2) is 0 Å². The fraction of sp³-hybridized carbons (Fsp3) is 0.333. The molecule has 0 saturated carbocycles. The van der Waals surface area contributed by atoms with Gasteiger partial charge in [-0.25, -0.2) is 4.79 Å². The summed E-state index contributed by atoms with van der Waals surface area (Å²) >= 11 is 0. The Morgan fingerprint density at radius 2 is 1.30 bits per heavy atom. The first-order chi connectivity index (χ1) is 30.1. The molecule has 3 aromatic carbocycles. The van der Waals surface area contributed by atoms with Gasteiger partial charge in [0, 0.05) is 31.4 Å². The number of aliphatic carboxylic acids is 2. The lowest BCUT2D eigenvalue weighted by Crippen LogP contribution is -2.61. The monoisotopic (exact) mass is 872 g/mol. The van der Waals surface area contributed by atoms with E-state index in [-0.39, 0.29) is 43.2 Å². The molecule has 6 atom stereocenters. The Bertz CT molecular complexity index is 2200. The third kappa shape index (κ3) is 14.0. The van der Waals surface area contributed by atoms with Crippen molar-refractivity contribution in [2.45, 2.75) is 87.9 Å². The third-order valence-electron chi connectivity index (χ3n) is 10.6. The zero-order valence-corrected chi connectivity index (χ0v) is 33.9. The molecule has 6 N–H and O–H groups in total. The van der Waals surface area contributed by atoms with Crippen LogP contribution in [0, 0.1) is 5.92 Å². The number of carbonyl (C=O) groups excluding carboxylic acids is 5. The van der Waals surface area contributed by atoms with Gasteiger partial charge in [0.1, 0.15) is 24.2 Å². The van der Waals surface area contributed by atoms with E-state index < -0.39 is 66.4 Å². The average Bonchev–Trinajstić information content (AvgIpc) is 3.63. The standard InChI is InChI=1S/C43H46N6O7.C2HF3O2/c50-38(24-29-12-6-2-7-13-29)46-33-16-17-36-32(22-28-10-4-1-5-11-28)25-37(49(36)43(33)56)42(55)48-34(23-30-18-20-44-21-19-30)41(54)47-35(26-39(51)52)40(53)45-27-31-14-8-3-9-15-31;3-2(4,5)1(6)7/h1-15,18-21,32-37H,16-17,22-27H2,(H,45,53)(H,46,50)(H,47,54)(H,48,55)(H,51,52);(H,6,7)/t32-,33-,34+,35-,36?,37+;/m1./s1. The Hall–Kier alpha value is -7.11. The molecule has 0 bridgehead atoms. The van der Waals surface area contributed by atoms with Crippen LogP contribution >= 0.6 is 0 Å². The maximum Gasteiger partial charge on any atom is 0.490 e. The molecule has 2 fully saturated rings. The molecule has 6 rings (SSSR count). The first-order valence-corrected chi connectivity index (χ1v) is 20.1. The summed E-state index contributed by atoms with van der Waals surface area (Å²) in [5.74, 6) is -6.80. The van der Waals surface area contributed by atoms with Gasteiger partial charge in [-0.15, -0.1) is 0 Å². The number of hydrogen-bond donors (Lipinski definition) is 6. The van der Waals surface area contributed by atoms with Gasteiger partial charge in [0.2, 0.25) is 29.5 Å². The number of carboxylic acids is 2. The second kappa shape index (κ2) is 22.1. The minimum absolute atomic E-state index is 0.00122. The van der Waals surface area contributed by atoms with E-state index in [9.17, 15) is 47.0 Å². The summed E-state index contributed by atoms with van der Waals surface area (Å²) in [4.78, 5) is 95.3. The van der Waals surface area contributed by atoms with Gasteiger partial charge in [-0.05, 0) is 66.0 Å². The number of amides is 5. The summed E-state index contributed by atoms with van der Waals surface area (Å²) in [5, 5.41) is 27.8. The highest BCUT2D eigenvalue weighted by Gasteiger charge is 2.51. The summed E-state index contributed by atoms with van der Waals surface area (Å²) in [5.41, 5.74) is 3.32. The van der Waals surface area contributed by atoms with Crippen LogP contribution in [0.4, 0.5) is 13.2 Å². The second-order valence-corrected chi connectivity index (χ2v) is 15.2. The summed E-state index contributed by atoms with van der Waals surface area (Å²) in [7, 11) is 0. The Balaban J connectivity index is 0.000000985. The molecule has 0 radical (unpaired) electrons. The molecule has 0 spiro atoms. The predicted molar refractivity (Wildman–Crippen MR) is 220 cm³/mol. The average molecular weight is 873 g/mol. The normalized spacial score (nSPS) is 18.9. The zero-order chi connectivity index (χ0) is 45.5. The lowest BCUT2D eigenvalue weighted by molar-refractivity contribution is -0.192. The molecule has 2 aliphatic rings. The number of carboxylic acid groups (broad SMARTS) is 2. The van der Waals surface area contributed by atoms with Crippen molar-refractivity contribution < 1.29 is 56.9 Å². The van der Waals surface area contributed by atoms with Crippen LogP contribution in [0.2, 0.25) is 0 Å². The molecule has 5 amide bonds. The highest BCUT2D eigenvalue weighted by Crippen LogP contribution is 2.39. The smallest absolute Gasteiger partial charge is 0.481 e. The predicted octanol–water partition coefficient (Wildman–Crippen LogP) is 3.37. The van der Waals surface area contributed by atoms with E-state index in [4.69, 9.17) is 9.90 Å². The first kappa shape index (κ1) is 46.9. The number of piperidine rings is 1. The maximum absolute atomic E-state index is 14.4. The van der Waals surface area contributed by atoms with Crippen molar-refractivity contribution in [1.82, 2.24) is 31.2 Å². The van der Waals surface area contributed by atoms with E-state index in [1.54, 1.807) is 53.7 Å². The number of benzene rings is 3. The number of carbonyl (C=O) groups is 7. The quantitative estimate of drug-likeness (QED) is 0.0963. The molecule has 1 aromatic heterocycles. The lowest BCUT2D eigenvalue weighted by Gasteiger charge is -2.39. The van der Waals surface area contributed by atoms with Gasteiger partial charge in [-0.3, -0.25) is 33.8 Å². The van der Waals surface area contributed by atoms with E-state index in [0.29, 0.717) is 31.2 Å². The van der Waals surface area contributed by atoms with Crippen LogP contribution in [0.5, 0.6) is 0 Å². The molecule has 332 valence electrons. The molecule has 4 aromatic rings. The van der Waals surface area contributed by atoms with Gasteiger partial charge in [-0.1, -0.05) is 91.0 Å². The highest BCUT2D eigenvalue weighted by atomic mass is 19.4. The van der Waals surface area contributed by atoms with E-state index in [2.05, 4.69) is 26.3 Å². The number of aromatic nitrogens is 1. The van der Waals surface area contributed by atoms with E-state index in [1.807, 2.05) is 66.7 Å². The fourth-order valence-electron chi connectivity index (χ4n) is 7.67. The number of nitrogens with zero attached hydrogens (tertiary/aromatic N) is 2. The van der Waals surface area contributed by atoms with Crippen LogP contribution in [-0.2, 0) is 59.4 Å². The molecule has 15 nitrogen and oxygen atoms in total. The Labute approximate surface area is 360 Å². The van der Waals surface area contributed by atoms with Crippen molar-refractivity contribution in [2.75, 3.05) is 0 Å². The van der Waals surface area contributed by atoms with Crippen LogP contribution in [0.1, 0.15) is 47.9 Å². The number of fused-ring (bicyclic) bond motifs is 1. The largest absolute Gasteiger partial charge is 0.490 e. The number of pyridine rings is 1. The second-order valence-electron chi connectivity index (χ2n) is 15.2. The van der Waals surface area contributed by atoms with E-state index in [1.165, 1.54) is 0 Å². The first-order valence-electron chi connectivity index (χ1n) is 20.1. The van der Waals surface area contributed by atoms with Gasteiger partial charge in [-0.2, -0.15) is 13.2 Å². The zero-order valence-electron chi connectivity index (χ0n) is 33.9. The van der Waals surface area contributed by atoms with Gasteiger partial charge in [0.05, 0.1) is 12.8 Å². The molecule has 2 saturated heterocycles. The topological polar surface area (TPSA) is 224 Å². The molecule has 2 aliphatic heterocycles. The Kier molecular flexibility index (Phi) is 16.5. The highest BCUT2D eigenvalue weighted by molar-refractivity contribution is 5.97. The molecule has 18 heteroatoms. The van der Waals surface area contributed by atoms with Crippen molar-refractivity contribution in [3.8, 4) is 0 Å². The van der Waals surface area contributed by atoms with Crippen LogP contribution in [0.25, 0.3) is 0 Å². The summed E-state index contributed by atoms with van der Waals surface area (Å²) in [6.07, 6.45) is -0.629. The van der Waals surface area contributed by atoms with Crippen LogP contribution in [0.15, 0.2) is 116 Å². The molecule has 63 heavy (non-hydrogen) atoms. The summed E-state index contributed by atoms with van der Waals surface area (Å²) in [6, 6.07) is 26.7. The van der Waals surface area contributed by atoms with Gasteiger partial charge in [0.25, 0.3) is 0 Å². The SMILES string of the molecule is O=C(O)C(F)(F)F.O=C(O)C[C@@H](NC(=O)[C@H](Cc1ccncc1)NC(=O)[C@@H]1C[C@@H](Cc2ccccc2)C2CC[C@@H](NC(=O)Cc3ccccc3)C(=O)N21)C(=O)NCc1ccccc1. The number of nitrogens with one attached hydrogen (secondary N) is 4. The number of rotatable bonds is 16. The van der Waals surface area contributed by atoms with Crippen LogP contribution in [0.3, 0.4) is 0 Å². The number of alkyl halides is 3. The van der Waals surface area contributed by atoms with Crippen molar-refractivity contribution in [1.29, 1.82) is 0 Å². The van der Waals surface area contributed by atoms with Crippen molar-refractivity contribution in [3.05, 3.63) is 138 Å². The van der Waals surface area contributed by atoms with Gasteiger partial charge < -0.3 is 36.4 Å². The molecule has 1 unspecified atom stereocenters. The Morgan fingerprint density at radius 1 is 0.730 bits per heavy atom. The lowest BCUT2D eigenvalue weighted by atomic mass is 9.86. The third-order valence-corrected chi connectivity index (χ3v) is 10.6. The number of hydrogen-bond acceptors (Lipinski definition) is 8. The molecule has 3 heterocycles. The summed E-state index contributed by atoms with van der Waals surface area (Å²) in [6.45, 7) is 0.118. The van der Waals surface area contributed by atoms with Gasteiger partial charge >= 0.3 is 18.1 Å². The van der Waals surface area contributed by atoms with Crippen molar-refractivity contribution >= 4 is 41.5 Å². The number of halogens is 3.